The number of hydrogen-bond donors (Lipinski definition) is 1. The maximum absolute atomic E-state index is 6.06. The first kappa shape index (κ1) is 25.3. The van der Waals surface area contributed by atoms with Crippen LogP contribution in [-0.2, 0) is 13.1 Å². The van der Waals surface area contributed by atoms with Crippen LogP contribution in [0.2, 0.25) is 0 Å². The van der Waals surface area contributed by atoms with Crippen LogP contribution >= 0.6 is 12.2 Å². The number of aryl methyl sites for hydroxylation is 2. The van der Waals surface area contributed by atoms with E-state index in [1.165, 1.54) is 60.9 Å². The van der Waals surface area contributed by atoms with Crippen LogP contribution in [0.25, 0.3) is 0 Å². The van der Waals surface area contributed by atoms with Crippen molar-refractivity contribution in [2.24, 2.45) is 0 Å². The highest BCUT2D eigenvalue weighted by molar-refractivity contribution is 7.80. The summed E-state index contributed by atoms with van der Waals surface area (Å²) >= 11 is 6.06. The molecular formula is C30H39N3OS. The summed E-state index contributed by atoms with van der Waals surface area (Å²) in [6.07, 6.45) is 9.74. The van der Waals surface area contributed by atoms with Gasteiger partial charge < -0.3 is 19.5 Å². The number of aromatic nitrogens is 1. The summed E-state index contributed by atoms with van der Waals surface area (Å²) in [5, 5.41) is 4.31. The molecule has 35 heavy (non-hydrogen) atoms. The molecule has 1 aromatic heterocycles. The van der Waals surface area contributed by atoms with Gasteiger partial charge in [0.25, 0.3) is 0 Å². The maximum Gasteiger partial charge on any atom is 0.174 e. The number of para-hydroxylation sites is 2. The van der Waals surface area contributed by atoms with Crippen molar-refractivity contribution in [3.8, 4) is 5.75 Å². The van der Waals surface area contributed by atoms with Gasteiger partial charge in [-0.3, -0.25) is 0 Å². The zero-order chi connectivity index (χ0) is 24.6. The van der Waals surface area contributed by atoms with E-state index in [0.29, 0.717) is 12.6 Å². The van der Waals surface area contributed by atoms with E-state index in [0.717, 1.165) is 29.6 Å². The van der Waals surface area contributed by atoms with Crippen molar-refractivity contribution < 1.29 is 4.74 Å². The van der Waals surface area contributed by atoms with Crippen LogP contribution in [0.1, 0.15) is 67.8 Å². The number of rotatable bonds is 8. The topological polar surface area (TPSA) is 29.4 Å². The summed E-state index contributed by atoms with van der Waals surface area (Å²) in [5.41, 5.74) is 6.23. The van der Waals surface area contributed by atoms with Crippen LogP contribution in [0.3, 0.4) is 0 Å². The minimum absolute atomic E-state index is 0.446. The predicted octanol–water partition coefficient (Wildman–Crippen LogP) is 7.47. The number of ether oxygens (including phenoxy) is 1. The standard InChI is InChI=1S/C30H39N3OS/c1-4-34-29-16-10-9-15-28(29)31-30(35)33(26-12-7-5-6-8-13-26)22-27-14-11-19-32(27)21-25-18-17-23(2)20-24(25)3/h9-11,14-20,26H,4-8,12-13,21-22H2,1-3H3,(H,31,35). The van der Waals surface area contributed by atoms with Crippen LogP contribution in [0.15, 0.2) is 60.8 Å². The molecule has 0 spiro atoms. The van der Waals surface area contributed by atoms with E-state index in [9.17, 15) is 0 Å². The Balaban J connectivity index is 1.57. The molecule has 0 amide bonds. The molecule has 0 aliphatic heterocycles. The second kappa shape index (κ2) is 12.3. The van der Waals surface area contributed by atoms with Gasteiger partial charge in [0.2, 0.25) is 0 Å². The Kier molecular flexibility index (Phi) is 8.86. The van der Waals surface area contributed by atoms with E-state index in [4.69, 9.17) is 17.0 Å². The Morgan fingerprint density at radius 2 is 1.80 bits per heavy atom. The Morgan fingerprint density at radius 3 is 2.54 bits per heavy atom. The van der Waals surface area contributed by atoms with Gasteiger partial charge in [-0.05, 0) is 81.2 Å². The molecule has 5 heteroatoms. The molecule has 4 rings (SSSR count). The second-order valence-corrected chi connectivity index (χ2v) is 10.1. The molecule has 3 aromatic rings. The van der Waals surface area contributed by atoms with Crippen LogP contribution in [-0.4, -0.2) is 27.2 Å². The lowest BCUT2D eigenvalue weighted by Gasteiger charge is -2.34. The molecule has 1 saturated carbocycles. The first-order valence-corrected chi connectivity index (χ1v) is 13.5. The van der Waals surface area contributed by atoms with Crippen LogP contribution in [0.4, 0.5) is 5.69 Å². The Hall–Kier alpha value is -2.79. The van der Waals surface area contributed by atoms with Crippen molar-refractivity contribution in [1.29, 1.82) is 0 Å². The molecule has 1 heterocycles. The summed E-state index contributed by atoms with van der Waals surface area (Å²) in [7, 11) is 0. The van der Waals surface area contributed by atoms with Gasteiger partial charge >= 0.3 is 0 Å². The van der Waals surface area contributed by atoms with E-state index in [1.54, 1.807) is 0 Å². The largest absolute Gasteiger partial charge is 0.492 e. The molecule has 2 aromatic carbocycles. The van der Waals surface area contributed by atoms with Crippen LogP contribution in [0.5, 0.6) is 5.75 Å². The van der Waals surface area contributed by atoms with E-state index >= 15 is 0 Å². The third-order valence-electron chi connectivity index (χ3n) is 7.05. The van der Waals surface area contributed by atoms with Crippen molar-refractivity contribution in [3.05, 3.63) is 83.2 Å². The summed E-state index contributed by atoms with van der Waals surface area (Å²) in [5.74, 6) is 0.844. The minimum Gasteiger partial charge on any atom is -0.492 e. The van der Waals surface area contributed by atoms with Crippen LogP contribution < -0.4 is 10.1 Å². The lowest BCUT2D eigenvalue weighted by molar-refractivity contribution is 0.274. The van der Waals surface area contributed by atoms with Gasteiger partial charge in [0.15, 0.2) is 5.11 Å². The first-order chi connectivity index (χ1) is 17.0. The van der Waals surface area contributed by atoms with E-state index in [1.807, 2.05) is 31.2 Å². The van der Waals surface area contributed by atoms with Crippen molar-refractivity contribution in [2.75, 3.05) is 11.9 Å². The van der Waals surface area contributed by atoms with Gasteiger partial charge in [0.1, 0.15) is 5.75 Å². The zero-order valence-corrected chi connectivity index (χ0v) is 22.2. The summed E-state index contributed by atoms with van der Waals surface area (Å²) in [4.78, 5) is 2.43. The quantitative estimate of drug-likeness (QED) is 0.262. The molecule has 1 fully saturated rings. The van der Waals surface area contributed by atoms with E-state index in [-0.39, 0.29) is 0 Å². The van der Waals surface area contributed by atoms with Gasteiger partial charge in [-0.15, -0.1) is 0 Å². The number of benzene rings is 2. The van der Waals surface area contributed by atoms with Crippen LogP contribution in [0, 0.1) is 13.8 Å². The highest BCUT2D eigenvalue weighted by Crippen LogP contribution is 2.28. The second-order valence-electron chi connectivity index (χ2n) is 9.69. The normalized spacial score (nSPS) is 14.4. The maximum atomic E-state index is 6.06. The molecular weight excluding hydrogens is 450 g/mol. The lowest BCUT2D eigenvalue weighted by Crippen LogP contribution is -2.42. The van der Waals surface area contributed by atoms with E-state index < -0.39 is 0 Å². The number of nitrogens with zero attached hydrogens (tertiary/aromatic N) is 2. The van der Waals surface area contributed by atoms with E-state index in [2.05, 4.69) is 65.2 Å². The molecule has 1 aliphatic carbocycles. The molecule has 0 saturated heterocycles. The number of thiocarbonyl (C=S) groups is 1. The molecule has 4 nitrogen and oxygen atoms in total. The van der Waals surface area contributed by atoms with Gasteiger partial charge in [0, 0.05) is 24.5 Å². The number of anilines is 1. The molecule has 0 unspecified atom stereocenters. The third kappa shape index (κ3) is 6.66. The SMILES string of the molecule is CCOc1ccccc1NC(=S)N(Cc1cccn1Cc1ccc(C)cc1C)C1CCCCCC1. The lowest BCUT2D eigenvalue weighted by atomic mass is 10.1. The average molecular weight is 490 g/mol. The smallest absolute Gasteiger partial charge is 0.174 e. The summed E-state index contributed by atoms with van der Waals surface area (Å²) < 4.78 is 8.22. The first-order valence-electron chi connectivity index (χ1n) is 13.0. The summed E-state index contributed by atoms with van der Waals surface area (Å²) in [6.45, 7) is 8.67. The molecule has 0 radical (unpaired) electrons. The Morgan fingerprint density at radius 1 is 1.03 bits per heavy atom. The van der Waals surface area contributed by atoms with Gasteiger partial charge in [-0.1, -0.05) is 61.6 Å². The summed E-state index contributed by atoms with van der Waals surface area (Å²) in [6, 6.07) is 19.7. The molecule has 1 aliphatic rings. The fraction of sp³-hybridized carbons (Fsp3) is 0.433. The highest BCUT2D eigenvalue weighted by atomic mass is 32.1. The van der Waals surface area contributed by atoms with Crippen molar-refractivity contribution >= 4 is 23.0 Å². The van der Waals surface area contributed by atoms with Crippen molar-refractivity contribution in [2.45, 2.75) is 78.4 Å². The molecule has 0 atom stereocenters. The van der Waals surface area contributed by atoms with Crippen molar-refractivity contribution in [3.63, 3.8) is 0 Å². The Bertz CT molecular complexity index is 1110. The predicted molar refractivity (Wildman–Crippen MR) is 150 cm³/mol. The third-order valence-corrected chi connectivity index (χ3v) is 7.39. The van der Waals surface area contributed by atoms with Crippen molar-refractivity contribution in [1.82, 2.24) is 9.47 Å². The average Bonchev–Trinajstić information content (AvgIpc) is 3.10. The fourth-order valence-electron chi connectivity index (χ4n) is 5.10. The number of nitrogens with one attached hydrogen (secondary N) is 1. The molecule has 1 N–H and O–H groups in total. The number of hydrogen-bond acceptors (Lipinski definition) is 2. The monoisotopic (exact) mass is 489 g/mol. The van der Waals surface area contributed by atoms with Gasteiger partial charge in [-0.2, -0.15) is 0 Å². The minimum atomic E-state index is 0.446. The Labute approximate surface area is 216 Å². The molecule has 186 valence electrons. The zero-order valence-electron chi connectivity index (χ0n) is 21.4. The fourth-order valence-corrected chi connectivity index (χ4v) is 5.43. The highest BCUT2D eigenvalue weighted by Gasteiger charge is 2.24. The van der Waals surface area contributed by atoms with Gasteiger partial charge in [0.05, 0.1) is 18.8 Å². The van der Waals surface area contributed by atoms with Gasteiger partial charge in [-0.25, -0.2) is 0 Å². The molecule has 0 bridgehead atoms.